The molecule has 0 saturated carbocycles. The van der Waals surface area contributed by atoms with E-state index in [1.54, 1.807) is 0 Å². The van der Waals surface area contributed by atoms with Crippen LogP contribution in [0.15, 0.2) is 29.1 Å². The molecule has 0 spiro atoms. The van der Waals surface area contributed by atoms with Crippen molar-refractivity contribution >= 4 is 10.9 Å². The van der Waals surface area contributed by atoms with Crippen LogP contribution < -0.4 is 10.9 Å². The van der Waals surface area contributed by atoms with Crippen molar-refractivity contribution in [1.29, 1.82) is 0 Å². The van der Waals surface area contributed by atoms with E-state index in [9.17, 15) is 4.79 Å². The number of pyridine rings is 1. The first-order chi connectivity index (χ1) is 8.74. The molecule has 2 aromatic rings. The van der Waals surface area contributed by atoms with E-state index < -0.39 is 0 Å². The minimum atomic E-state index is 0.0185. The highest BCUT2D eigenvalue weighted by atomic mass is 16.1. The summed E-state index contributed by atoms with van der Waals surface area (Å²) >= 11 is 0. The van der Waals surface area contributed by atoms with Crippen LogP contribution in [0.4, 0.5) is 0 Å². The average Bonchev–Trinajstić information content (AvgIpc) is 2.41. The van der Waals surface area contributed by atoms with Gasteiger partial charge in [0, 0.05) is 11.1 Å². The number of hydrogen-bond donors (Lipinski definition) is 2. The molecule has 0 amide bonds. The number of fused-ring (bicyclic) bond motifs is 1. The van der Waals surface area contributed by atoms with Gasteiger partial charge in [-0.25, -0.2) is 0 Å². The first-order valence-electron chi connectivity index (χ1n) is 6.58. The van der Waals surface area contributed by atoms with E-state index in [1.807, 2.05) is 13.0 Å². The zero-order valence-electron chi connectivity index (χ0n) is 10.6. The number of benzene rings is 1. The second-order valence-electron chi connectivity index (χ2n) is 5.15. The Morgan fingerprint density at radius 3 is 2.72 bits per heavy atom. The second-order valence-corrected chi connectivity index (χ2v) is 5.15. The summed E-state index contributed by atoms with van der Waals surface area (Å²) in [6.07, 6.45) is 2.36. The van der Waals surface area contributed by atoms with Crippen LogP contribution in [0, 0.1) is 6.92 Å². The summed E-state index contributed by atoms with van der Waals surface area (Å²) in [5.41, 5.74) is 3.10. The minimum absolute atomic E-state index is 0.0185. The van der Waals surface area contributed by atoms with Crippen molar-refractivity contribution in [3.8, 4) is 0 Å². The largest absolute Gasteiger partial charge is 0.322 e. The molecule has 3 heteroatoms. The maximum absolute atomic E-state index is 11.7. The number of hydrogen-bond acceptors (Lipinski definition) is 2. The Morgan fingerprint density at radius 2 is 1.94 bits per heavy atom. The van der Waals surface area contributed by atoms with E-state index in [-0.39, 0.29) is 5.56 Å². The second kappa shape index (κ2) is 4.58. The molecule has 1 aromatic carbocycles. The molecule has 0 unspecified atom stereocenters. The van der Waals surface area contributed by atoms with Crippen molar-refractivity contribution in [2.75, 3.05) is 13.1 Å². The summed E-state index contributed by atoms with van der Waals surface area (Å²) in [5, 5.41) is 4.50. The summed E-state index contributed by atoms with van der Waals surface area (Å²) in [6, 6.07) is 8.43. The van der Waals surface area contributed by atoms with Gasteiger partial charge in [-0.1, -0.05) is 12.1 Å². The van der Waals surface area contributed by atoms with Crippen molar-refractivity contribution < 1.29 is 0 Å². The smallest absolute Gasteiger partial charge is 0.251 e. The van der Waals surface area contributed by atoms with E-state index in [2.05, 4.69) is 28.5 Å². The van der Waals surface area contributed by atoms with Gasteiger partial charge in [0.05, 0.1) is 0 Å². The van der Waals surface area contributed by atoms with Gasteiger partial charge in [-0.3, -0.25) is 4.79 Å². The summed E-state index contributed by atoms with van der Waals surface area (Å²) in [5.74, 6) is 0.625. The molecule has 0 bridgehead atoms. The first-order valence-corrected chi connectivity index (χ1v) is 6.58. The molecule has 1 saturated heterocycles. The molecule has 3 nitrogen and oxygen atoms in total. The summed E-state index contributed by atoms with van der Waals surface area (Å²) < 4.78 is 0. The van der Waals surface area contributed by atoms with Crippen molar-refractivity contribution in [2.24, 2.45) is 0 Å². The topological polar surface area (TPSA) is 44.9 Å². The fourth-order valence-corrected chi connectivity index (χ4v) is 2.74. The van der Waals surface area contributed by atoms with Gasteiger partial charge in [0.2, 0.25) is 0 Å². The maximum Gasteiger partial charge on any atom is 0.251 e. The predicted molar refractivity (Wildman–Crippen MR) is 74.2 cm³/mol. The molecule has 94 valence electrons. The number of nitrogens with one attached hydrogen (secondary N) is 2. The Balaban J connectivity index is 2.04. The zero-order chi connectivity index (χ0) is 12.5. The van der Waals surface area contributed by atoms with Crippen LogP contribution >= 0.6 is 0 Å². The third-order valence-electron chi connectivity index (χ3n) is 3.87. The summed E-state index contributed by atoms with van der Waals surface area (Å²) in [7, 11) is 0. The Bertz CT molecular complexity index is 624. The third kappa shape index (κ3) is 2.06. The molecule has 3 rings (SSSR count). The Labute approximate surface area is 106 Å². The van der Waals surface area contributed by atoms with Crippen molar-refractivity contribution in [3.63, 3.8) is 0 Å². The predicted octanol–water partition coefficient (Wildman–Crippen LogP) is 2.30. The molecule has 2 N–H and O–H groups in total. The van der Waals surface area contributed by atoms with Crippen molar-refractivity contribution in [1.82, 2.24) is 10.3 Å². The zero-order valence-corrected chi connectivity index (χ0v) is 10.6. The summed E-state index contributed by atoms with van der Waals surface area (Å²) in [6.45, 7) is 4.03. The standard InChI is InChI=1S/C15H18N2O/c1-10-8-13-3-2-12(9-14(13)17-15(10)18)11-4-6-16-7-5-11/h2-3,8-9,11,16H,4-7H2,1H3,(H,17,18). The Morgan fingerprint density at radius 1 is 1.17 bits per heavy atom. The molecule has 0 aliphatic carbocycles. The fourth-order valence-electron chi connectivity index (χ4n) is 2.74. The lowest BCUT2D eigenvalue weighted by Gasteiger charge is -2.23. The van der Waals surface area contributed by atoms with E-state index in [4.69, 9.17) is 0 Å². The highest BCUT2D eigenvalue weighted by Crippen LogP contribution is 2.27. The van der Waals surface area contributed by atoms with Gasteiger partial charge in [0.1, 0.15) is 0 Å². The molecule has 1 aliphatic heterocycles. The minimum Gasteiger partial charge on any atom is -0.322 e. The monoisotopic (exact) mass is 242 g/mol. The highest BCUT2D eigenvalue weighted by Gasteiger charge is 2.15. The quantitative estimate of drug-likeness (QED) is 0.806. The summed E-state index contributed by atoms with van der Waals surface area (Å²) in [4.78, 5) is 14.6. The maximum atomic E-state index is 11.7. The van der Waals surface area contributed by atoms with Gasteiger partial charge in [0.25, 0.3) is 5.56 Å². The van der Waals surface area contributed by atoms with E-state index in [0.717, 1.165) is 29.6 Å². The molecular formula is C15H18N2O. The van der Waals surface area contributed by atoms with Crippen LogP contribution in [-0.4, -0.2) is 18.1 Å². The van der Waals surface area contributed by atoms with Crippen LogP contribution in [0.25, 0.3) is 10.9 Å². The lowest BCUT2D eigenvalue weighted by molar-refractivity contribution is 0.460. The lowest BCUT2D eigenvalue weighted by Crippen LogP contribution is -2.26. The lowest BCUT2D eigenvalue weighted by atomic mass is 9.89. The molecular weight excluding hydrogens is 224 g/mol. The van der Waals surface area contributed by atoms with Crippen LogP contribution in [0.2, 0.25) is 0 Å². The van der Waals surface area contributed by atoms with E-state index >= 15 is 0 Å². The van der Waals surface area contributed by atoms with E-state index in [1.165, 1.54) is 18.4 Å². The third-order valence-corrected chi connectivity index (χ3v) is 3.87. The van der Waals surface area contributed by atoms with E-state index in [0.29, 0.717) is 5.92 Å². The number of aromatic nitrogens is 1. The van der Waals surface area contributed by atoms with Gasteiger partial charge < -0.3 is 10.3 Å². The molecule has 0 radical (unpaired) electrons. The van der Waals surface area contributed by atoms with Crippen LogP contribution in [0.5, 0.6) is 0 Å². The number of H-pyrrole nitrogens is 1. The van der Waals surface area contributed by atoms with Gasteiger partial charge in [-0.15, -0.1) is 0 Å². The number of aryl methyl sites for hydroxylation is 1. The number of aromatic amines is 1. The first kappa shape index (κ1) is 11.5. The SMILES string of the molecule is Cc1cc2ccc(C3CCNCC3)cc2[nH]c1=O. The molecule has 18 heavy (non-hydrogen) atoms. The van der Waals surface area contributed by atoms with Gasteiger partial charge in [0.15, 0.2) is 0 Å². The Hall–Kier alpha value is -1.61. The average molecular weight is 242 g/mol. The van der Waals surface area contributed by atoms with Crippen molar-refractivity contribution in [3.05, 3.63) is 45.7 Å². The molecule has 2 heterocycles. The molecule has 1 aromatic heterocycles. The molecule has 0 atom stereocenters. The van der Waals surface area contributed by atoms with Crippen molar-refractivity contribution in [2.45, 2.75) is 25.7 Å². The number of rotatable bonds is 1. The van der Waals surface area contributed by atoms with Gasteiger partial charge in [-0.05, 0) is 61.9 Å². The highest BCUT2D eigenvalue weighted by molar-refractivity contribution is 5.79. The van der Waals surface area contributed by atoms with Crippen LogP contribution in [0.1, 0.15) is 29.9 Å². The normalized spacial score (nSPS) is 17.2. The van der Waals surface area contributed by atoms with Gasteiger partial charge in [-0.2, -0.15) is 0 Å². The van der Waals surface area contributed by atoms with Crippen LogP contribution in [-0.2, 0) is 0 Å². The fraction of sp³-hybridized carbons (Fsp3) is 0.400. The molecule has 1 aliphatic rings. The van der Waals surface area contributed by atoms with Gasteiger partial charge >= 0.3 is 0 Å². The Kier molecular flexibility index (Phi) is 2.92. The molecule has 1 fully saturated rings. The van der Waals surface area contributed by atoms with Crippen LogP contribution in [0.3, 0.4) is 0 Å². The number of piperidine rings is 1.